The molecular formula is C11H23NO. The summed E-state index contributed by atoms with van der Waals surface area (Å²) in [5, 5.41) is 2.79. The van der Waals surface area contributed by atoms with Crippen LogP contribution in [0.5, 0.6) is 0 Å². The first kappa shape index (κ1) is 12.5. The van der Waals surface area contributed by atoms with Crippen molar-refractivity contribution < 1.29 is 4.79 Å². The molecule has 1 unspecified atom stereocenters. The molecule has 1 saturated carbocycles. The van der Waals surface area contributed by atoms with Gasteiger partial charge in [-0.2, -0.15) is 0 Å². The quantitative estimate of drug-likeness (QED) is 0.670. The minimum Gasteiger partial charge on any atom is -0.356 e. The summed E-state index contributed by atoms with van der Waals surface area (Å²) in [4.78, 5) is 10.1. The number of hydrogen-bond donors (Lipinski definition) is 1. The highest BCUT2D eigenvalue weighted by Gasteiger charge is 2.32. The molecule has 0 aromatic rings. The summed E-state index contributed by atoms with van der Waals surface area (Å²) < 4.78 is 0. The normalized spacial score (nSPS) is 20.3. The van der Waals surface area contributed by atoms with Crippen molar-refractivity contribution in [3.63, 3.8) is 0 Å². The maximum atomic E-state index is 10.1. The van der Waals surface area contributed by atoms with Crippen LogP contribution in [0.15, 0.2) is 0 Å². The van der Waals surface area contributed by atoms with Crippen molar-refractivity contribution in [2.45, 2.75) is 59.4 Å². The van der Waals surface area contributed by atoms with E-state index in [1.54, 1.807) is 0 Å². The number of rotatable bonds is 4. The van der Waals surface area contributed by atoms with Gasteiger partial charge in [-0.3, -0.25) is 4.79 Å². The Labute approximate surface area is 82.1 Å². The third kappa shape index (κ3) is 4.30. The monoisotopic (exact) mass is 185 g/mol. The molecule has 1 N–H and O–H groups in total. The molecule has 1 aliphatic carbocycles. The van der Waals surface area contributed by atoms with E-state index in [9.17, 15) is 4.79 Å². The van der Waals surface area contributed by atoms with Gasteiger partial charge in [-0.1, -0.05) is 27.2 Å². The molecule has 0 bridgehead atoms. The number of nitrogens with one attached hydrogen (secondary N) is 1. The summed E-state index contributed by atoms with van der Waals surface area (Å²) in [6.07, 6.45) is 5.96. The van der Waals surface area contributed by atoms with Gasteiger partial charge in [-0.25, -0.2) is 0 Å². The van der Waals surface area contributed by atoms with E-state index in [0.29, 0.717) is 11.5 Å². The lowest BCUT2D eigenvalue weighted by atomic mass is 9.67. The first-order chi connectivity index (χ1) is 6.16. The van der Waals surface area contributed by atoms with Gasteiger partial charge in [0.1, 0.15) is 0 Å². The fourth-order valence-corrected chi connectivity index (χ4v) is 1.90. The van der Waals surface area contributed by atoms with Crippen LogP contribution in [0, 0.1) is 5.41 Å². The van der Waals surface area contributed by atoms with Crippen LogP contribution in [0.3, 0.4) is 0 Å². The van der Waals surface area contributed by atoms with Crippen LogP contribution in [-0.4, -0.2) is 12.5 Å². The van der Waals surface area contributed by atoms with Crippen LogP contribution in [0.2, 0.25) is 0 Å². The van der Waals surface area contributed by atoms with Gasteiger partial charge in [0.25, 0.3) is 0 Å². The third-order valence-electron chi connectivity index (χ3n) is 2.71. The van der Waals surface area contributed by atoms with Crippen molar-refractivity contribution in [3.8, 4) is 0 Å². The Hall–Kier alpha value is -0.530. The summed E-state index contributed by atoms with van der Waals surface area (Å²) in [5.41, 5.74) is 0.523. The predicted molar refractivity (Wildman–Crippen MR) is 56.6 cm³/mol. The van der Waals surface area contributed by atoms with Crippen LogP contribution >= 0.6 is 0 Å². The van der Waals surface area contributed by atoms with Crippen LogP contribution in [-0.2, 0) is 4.79 Å². The Balaban J connectivity index is 0.000000671. The number of carbonyl (C=O) groups is 1. The lowest BCUT2D eigenvalue weighted by Crippen LogP contribution is -2.35. The highest BCUT2D eigenvalue weighted by atomic mass is 16.1. The third-order valence-corrected chi connectivity index (χ3v) is 2.71. The van der Waals surface area contributed by atoms with Crippen molar-refractivity contribution in [2.75, 3.05) is 0 Å². The lowest BCUT2D eigenvalue weighted by molar-refractivity contribution is -0.110. The summed E-state index contributed by atoms with van der Waals surface area (Å²) in [6, 6.07) is 0.345. The second-order valence-corrected chi connectivity index (χ2v) is 4.05. The molecule has 78 valence electrons. The largest absolute Gasteiger partial charge is 0.356 e. The molecule has 1 rings (SSSR count). The molecule has 2 nitrogen and oxygen atoms in total. The van der Waals surface area contributed by atoms with Gasteiger partial charge in [0, 0.05) is 6.04 Å². The molecule has 1 fully saturated rings. The van der Waals surface area contributed by atoms with Gasteiger partial charge in [-0.15, -0.1) is 0 Å². The average Bonchev–Trinajstić information content (AvgIpc) is 2.06. The van der Waals surface area contributed by atoms with E-state index in [1.807, 2.05) is 13.8 Å². The van der Waals surface area contributed by atoms with Crippen LogP contribution in [0.25, 0.3) is 0 Å². The minimum absolute atomic E-state index is 0.345. The van der Waals surface area contributed by atoms with Crippen molar-refractivity contribution in [1.29, 1.82) is 0 Å². The topological polar surface area (TPSA) is 29.1 Å². The zero-order valence-electron chi connectivity index (χ0n) is 9.39. The molecular weight excluding hydrogens is 162 g/mol. The molecule has 1 amide bonds. The van der Waals surface area contributed by atoms with E-state index >= 15 is 0 Å². The second-order valence-electron chi connectivity index (χ2n) is 4.05. The number of carbonyl (C=O) groups excluding carboxylic acids is 1. The maximum absolute atomic E-state index is 10.1. The minimum atomic E-state index is 0.345. The molecule has 2 heteroatoms. The summed E-state index contributed by atoms with van der Waals surface area (Å²) in [7, 11) is 0. The van der Waals surface area contributed by atoms with Gasteiger partial charge < -0.3 is 5.32 Å². The summed E-state index contributed by atoms with van der Waals surface area (Å²) >= 11 is 0. The van der Waals surface area contributed by atoms with Crippen molar-refractivity contribution in [1.82, 2.24) is 5.32 Å². The zero-order chi connectivity index (χ0) is 10.3. The molecule has 0 aromatic heterocycles. The highest BCUT2D eigenvalue weighted by molar-refractivity contribution is 5.46. The average molecular weight is 185 g/mol. The fourth-order valence-electron chi connectivity index (χ4n) is 1.90. The SMILES string of the molecule is CC.CC(CC1(C)CCC1)NC=O. The first-order valence-corrected chi connectivity index (χ1v) is 5.36. The Bertz CT molecular complexity index is 141. The van der Waals surface area contributed by atoms with Gasteiger partial charge in [-0.05, 0) is 31.6 Å². The first-order valence-electron chi connectivity index (χ1n) is 5.36. The van der Waals surface area contributed by atoms with E-state index < -0.39 is 0 Å². The summed E-state index contributed by atoms with van der Waals surface area (Å²) in [5.74, 6) is 0. The van der Waals surface area contributed by atoms with Crippen LogP contribution < -0.4 is 5.32 Å². The Morgan fingerprint density at radius 1 is 1.46 bits per heavy atom. The molecule has 0 saturated heterocycles. The zero-order valence-corrected chi connectivity index (χ0v) is 9.39. The van der Waals surface area contributed by atoms with Crippen molar-refractivity contribution in [2.24, 2.45) is 5.41 Å². The molecule has 1 aliphatic rings. The number of amides is 1. The summed E-state index contributed by atoms with van der Waals surface area (Å²) in [6.45, 7) is 8.37. The molecule has 0 heterocycles. The predicted octanol–water partition coefficient (Wildman–Crippen LogP) is 2.73. The van der Waals surface area contributed by atoms with E-state index in [1.165, 1.54) is 19.3 Å². The molecule has 0 aliphatic heterocycles. The molecule has 0 radical (unpaired) electrons. The van der Waals surface area contributed by atoms with E-state index in [-0.39, 0.29) is 0 Å². The van der Waals surface area contributed by atoms with Crippen LogP contribution in [0.1, 0.15) is 53.4 Å². The fraction of sp³-hybridized carbons (Fsp3) is 0.909. The molecule has 0 aromatic carbocycles. The highest BCUT2D eigenvalue weighted by Crippen LogP contribution is 2.43. The van der Waals surface area contributed by atoms with Crippen molar-refractivity contribution in [3.05, 3.63) is 0 Å². The van der Waals surface area contributed by atoms with Gasteiger partial charge in [0.05, 0.1) is 0 Å². The second kappa shape index (κ2) is 6.01. The van der Waals surface area contributed by atoms with Gasteiger partial charge >= 0.3 is 0 Å². The Morgan fingerprint density at radius 2 is 2.00 bits per heavy atom. The molecule has 1 atom stereocenters. The Kier molecular flexibility index (Phi) is 5.76. The Morgan fingerprint density at radius 3 is 2.31 bits per heavy atom. The van der Waals surface area contributed by atoms with Gasteiger partial charge in [0.15, 0.2) is 0 Å². The van der Waals surface area contributed by atoms with E-state index in [2.05, 4.69) is 19.2 Å². The molecule has 13 heavy (non-hydrogen) atoms. The smallest absolute Gasteiger partial charge is 0.207 e. The maximum Gasteiger partial charge on any atom is 0.207 e. The van der Waals surface area contributed by atoms with E-state index in [0.717, 1.165) is 12.8 Å². The molecule has 0 spiro atoms. The van der Waals surface area contributed by atoms with E-state index in [4.69, 9.17) is 0 Å². The lowest BCUT2D eigenvalue weighted by Gasteiger charge is -2.40. The standard InChI is InChI=1S/C9H17NO.C2H6/c1-8(10-7-11)6-9(2)4-3-5-9;1-2/h7-8H,3-6H2,1-2H3,(H,10,11);1-2H3. The number of hydrogen-bond acceptors (Lipinski definition) is 1. The van der Waals surface area contributed by atoms with Crippen molar-refractivity contribution >= 4 is 6.41 Å². The van der Waals surface area contributed by atoms with Gasteiger partial charge in [0.2, 0.25) is 6.41 Å². The van der Waals surface area contributed by atoms with Crippen LogP contribution in [0.4, 0.5) is 0 Å².